The maximum Gasteiger partial charge on any atom is 0.181 e. The van der Waals surface area contributed by atoms with Gasteiger partial charge in [0.25, 0.3) is 0 Å². The molecule has 0 N–H and O–H groups in total. The highest BCUT2D eigenvalue weighted by molar-refractivity contribution is 7.17. The first-order chi connectivity index (χ1) is 14.8. The number of Topliss-reactive ketones (excluding diaryl/α,β-unsaturated/α-hetero) is 1. The molecular weight excluding hydrogens is 400 g/mol. The summed E-state index contributed by atoms with van der Waals surface area (Å²) in [6, 6.07) is 5.71. The number of hydrogen-bond donors (Lipinski definition) is 0. The van der Waals surface area contributed by atoms with Crippen LogP contribution in [0.15, 0.2) is 29.8 Å². The Bertz CT molecular complexity index is 987. The van der Waals surface area contributed by atoms with Crippen molar-refractivity contribution >= 4 is 33.2 Å². The molecule has 4 heterocycles. The number of rotatable bonds is 9. The SMILES string of the molecule is COCCCCCC(=O)c1csc2nc(-c3ccccn3)nc(N3CCOCC3)c12. The van der Waals surface area contributed by atoms with Crippen LogP contribution in [0.25, 0.3) is 21.7 Å². The van der Waals surface area contributed by atoms with E-state index in [1.54, 1.807) is 13.3 Å². The summed E-state index contributed by atoms with van der Waals surface area (Å²) < 4.78 is 10.6. The summed E-state index contributed by atoms with van der Waals surface area (Å²) in [4.78, 5) is 30.0. The normalized spacial score (nSPS) is 14.4. The van der Waals surface area contributed by atoms with Crippen LogP contribution in [0.2, 0.25) is 0 Å². The van der Waals surface area contributed by atoms with Crippen molar-refractivity contribution in [2.24, 2.45) is 0 Å². The van der Waals surface area contributed by atoms with E-state index >= 15 is 0 Å². The Morgan fingerprint density at radius 3 is 2.83 bits per heavy atom. The number of aromatic nitrogens is 3. The van der Waals surface area contributed by atoms with Crippen molar-refractivity contribution in [2.75, 3.05) is 44.9 Å². The molecule has 8 heteroatoms. The zero-order chi connectivity index (χ0) is 20.8. The number of thiophene rings is 1. The Balaban J connectivity index is 1.68. The van der Waals surface area contributed by atoms with Gasteiger partial charge in [0.05, 0.1) is 18.6 Å². The number of hydrogen-bond acceptors (Lipinski definition) is 8. The smallest absolute Gasteiger partial charge is 0.181 e. The first-order valence-electron chi connectivity index (χ1n) is 10.3. The van der Waals surface area contributed by atoms with Gasteiger partial charge in [0.15, 0.2) is 11.6 Å². The van der Waals surface area contributed by atoms with E-state index in [2.05, 4.69) is 9.88 Å². The number of ketones is 1. The van der Waals surface area contributed by atoms with Gasteiger partial charge in [-0.05, 0) is 25.0 Å². The average Bonchev–Trinajstić information content (AvgIpc) is 3.23. The number of carbonyl (C=O) groups is 1. The lowest BCUT2D eigenvalue weighted by Gasteiger charge is -2.28. The predicted octanol–water partition coefficient (Wildman–Crippen LogP) is 3.98. The molecule has 0 bridgehead atoms. The molecule has 1 saturated heterocycles. The molecule has 3 aromatic rings. The van der Waals surface area contributed by atoms with Gasteiger partial charge < -0.3 is 14.4 Å². The van der Waals surface area contributed by atoms with Gasteiger partial charge in [-0.3, -0.25) is 9.78 Å². The van der Waals surface area contributed by atoms with Gasteiger partial charge in [-0.15, -0.1) is 11.3 Å². The van der Waals surface area contributed by atoms with E-state index in [0.29, 0.717) is 25.5 Å². The molecule has 0 aliphatic carbocycles. The number of carbonyl (C=O) groups excluding carboxylic acids is 1. The predicted molar refractivity (Wildman–Crippen MR) is 118 cm³/mol. The summed E-state index contributed by atoms with van der Waals surface area (Å²) in [5, 5.41) is 2.80. The largest absolute Gasteiger partial charge is 0.385 e. The van der Waals surface area contributed by atoms with Crippen molar-refractivity contribution in [1.29, 1.82) is 0 Å². The fraction of sp³-hybridized carbons (Fsp3) is 0.455. The van der Waals surface area contributed by atoms with Crippen LogP contribution in [0.5, 0.6) is 0 Å². The second-order valence-corrected chi connectivity index (χ2v) is 8.10. The van der Waals surface area contributed by atoms with E-state index in [0.717, 1.165) is 66.3 Å². The molecule has 1 aliphatic rings. The van der Waals surface area contributed by atoms with Crippen molar-refractivity contribution in [3.63, 3.8) is 0 Å². The number of anilines is 1. The maximum absolute atomic E-state index is 13.0. The molecule has 0 unspecified atom stereocenters. The minimum Gasteiger partial charge on any atom is -0.385 e. The van der Waals surface area contributed by atoms with Gasteiger partial charge >= 0.3 is 0 Å². The highest BCUT2D eigenvalue weighted by Gasteiger charge is 2.24. The molecule has 158 valence electrons. The quantitative estimate of drug-likeness (QED) is 0.378. The van der Waals surface area contributed by atoms with Crippen molar-refractivity contribution in [2.45, 2.75) is 25.7 Å². The van der Waals surface area contributed by atoms with Gasteiger partial charge in [0, 0.05) is 50.4 Å². The zero-order valence-electron chi connectivity index (χ0n) is 17.2. The van der Waals surface area contributed by atoms with Crippen molar-refractivity contribution in [3.8, 4) is 11.5 Å². The number of ether oxygens (including phenoxy) is 2. The number of fused-ring (bicyclic) bond motifs is 1. The minimum absolute atomic E-state index is 0.155. The molecule has 0 amide bonds. The van der Waals surface area contributed by atoms with E-state index < -0.39 is 0 Å². The van der Waals surface area contributed by atoms with Crippen molar-refractivity contribution < 1.29 is 14.3 Å². The second kappa shape index (κ2) is 10.1. The lowest BCUT2D eigenvalue weighted by atomic mass is 10.0. The standard InChI is InChI=1S/C22H26N4O3S/c1-28-12-6-2-3-8-18(27)16-15-30-22-19(16)21(26-10-13-29-14-11-26)24-20(25-22)17-7-4-5-9-23-17/h4-5,7,9,15H,2-3,6,8,10-14H2,1H3. The fourth-order valence-corrected chi connectivity index (χ4v) is 4.52. The number of nitrogens with zero attached hydrogens (tertiary/aromatic N) is 4. The summed E-state index contributed by atoms with van der Waals surface area (Å²) in [5.74, 6) is 1.56. The maximum atomic E-state index is 13.0. The first kappa shape index (κ1) is 20.8. The van der Waals surface area contributed by atoms with Crippen LogP contribution in [-0.4, -0.2) is 60.8 Å². The Labute approximate surface area is 180 Å². The summed E-state index contributed by atoms with van der Waals surface area (Å²) in [7, 11) is 1.70. The van der Waals surface area contributed by atoms with Gasteiger partial charge in [0.2, 0.25) is 0 Å². The van der Waals surface area contributed by atoms with Crippen LogP contribution in [0.1, 0.15) is 36.0 Å². The van der Waals surface area contributed by atoms with Gasteiger partial charge in [0.1, 0.15) is 16.3 Å². The topological polar surface area (TPSA) is 77.4 Å². The molecule has 1 aliphatic heterocycles. The number of methoxy groups -OCH3 is 1. The van der Waals surface area contributed by atoms with Gasteiger partial charge in [-0.1, -0.05) is 12.5 Å². The fourth-order valence-electron chi connectivity index (χ4n) is 3.59. The lowest BCUT2D eigenvalue weighted by molar-refractivity contribution is 0.0979. The van der Waals surface area contributed by atoms with E-state index in [-0.39, 0.29) is 5.78 Å². The Kier molecular flexibility index (Phi) is 6.99. The van der Waals surface area contributed by atoms with Crippen LogP contribution in [-0.2, 0) is 9.47 Å². The monoisotopic (exact) mass is 426 g/mol. The van der Waals surface area contributed by atoms with Crippen LogP contribution >= 0.6 is 11.3 Å². The third-order valence-electron chi connectivity index (χ3n) is 5.17. The zero-order valence-corrected chi connectivity index (χ0v) is 18.0. The summed E-state index contributed by atoms with van der Waals surface area (Å²) in [6.07, 6.45) is 5.09. The third-order valence-corrected chi connectivity index (χ3v) is 6.04. The van der Waals surface area contributed by atoms with Gasteiger partial charge in [-0.2, -0.15) is 0 Å². The lowest BCUT2D eigenvalue weighted by Crippen LogP contribution is -2.37. The van der Waals surface area contributed by atoms with E-state index in [9.17, 15) is 4.79 Å². The molecule has 0 radical (unpaired) electrons. The Morgan fingerprint density at radius 1 is 1.20 bits per heavy atom. The molecular formula is C22H26N4O3S. The summed E-state index contributed by atoms with van der Waals surface area (Å²) in [6.45, 7) is 3.53. The highest BCUT2D eigenvalue weighted by Crippen LogP contribution is 2.35. The average molecular weight is 427 g/mol. The summed E-state index contributed by atoms with van der Waals surface area (Å²) >= 11 is 1.50. The van der Waals surface area contributed by atoms with Crippen LogP contribution in [0, 0.1) is 0 Å². The summed E-state index contributed by atoms with van der Waals surface area (Å²) in [5.41, 5.74) is 1.46. The molecule has 30 heavy (non-hydrogen) atoms. The molecule has 0 saturated carbocycles. The number of pyridine rings is 1. The Morgan fingerprint density at radius 2 is 2.07 bits per heavy atom. The van der Waals surface area contributed by atoms with Crippen molar-refractivity contribution in [1.82, 2.24) is 15.0 Å². The molecule has 3 aromatic heterocycles. The molecule has 4 rings (SSSR count). The van der Waals surface area contributed by atoms with Crippen LogP contribution in [0.4, 0.5) is 5.82 Å². The molecule has 1 fully saturated rings. The van der Waals surface area contributed by atoms with Gasteiger partial charge in [-0.25, -0.2) is 9.97 Å². The van der Waals surface area contributed by atoms with E-state index in [1.807, 2.05) is 23.6 Å². The van der Waals surface area contributed by atoms with Crippen LogP contribution < -0.4 is 4.90 Å². The first-order valence-corrected chi connectivity index (χ1v) is 11.2. The van der Waals surface area contributed by atoms with Crippen LogP contribution in [0.3, 0.4) is 0 Å². The molecule has 0 aromatic carbocycles. The second-order valence-electron chi connectivity index (χ2n) is 7.24. The minimum atomic E-state index is 0.155. The molecule has 7 nitrogen and oxygen atoms in total. The number of unbranched alkanes of at least 4 members (excludes halogenated alkanes) is 2. The number of morpholine rings is 1. The molecule has 0 spiro atoms. The van der Waals surface area contributed by atoms with E-state index in [1.165, 1.54) is 11.3 Å². The third kappa shape index (κ3) is 4.66. The van der Waals surface area contributed by atoms with Crippen molar-refractivity contribution in [3.05, 3.63) is 35.3 Å². The Hall–Kier alpha value is -2.42. The molecule has 0 atom stereocenters. The van der Waals surface area contributed by atoms with E-state index in [4.69, 9.17) is 19.4 Å². The highest BCUT2D eigenvalue weighted by atomic mass is 32.1.